The van der Waals surface area contributed by atoms with E-state index in [-0.39, 0.29) is 12.1 Å². The lowest BCUT2D eigenvalue weighted by atomic mass is 9.90. The zero-order chi connectivity index (χ0) is 29.9. The Morgan fingerprint density at radius 1 is 0.622 bits per heavy atom. The van der Waals surface area contributed by atoms with Crippen LogP contribution in [0.2, 0.25) is 0 Å². The number of benzene rings is 1. The Labute approximate surface area is 192 Å². The largest absolute Gasteiger partial charge is 0.471 e. The molecule has 0 atom stereocenters. The molecule has 0 aliphatic heterocycles. The highest BCUT2D eigenvalue weighted by Crippen LogP contribution is 2.63. The topological polar surface area (TPSA) is 63.6 Å². The molecule has 0 radical (unpaired) electrons. The van der Waals surface area contributed by atoms with Crippen LogP contribution in [-0.4, -0.2) is 60.8 Å². The summed E-state index contributed by atoms with van der Waals surface area (Å²) in [6.07, 6.45) is -18.2. The standard InChI is InChI=1S/C15H7F17O4S/c16-8(17,5-9(18,19)20)10(21,22)11(23,24)12(25,26)13(27,28)14(29,30)15(31,32)36-6-3-1-2-4-7(6)37(33,34)35/h1-4H,5H2,(H,33,34,35). The molecular weight excluding hydrogens is 599 g/mol. The van der Waals surface area contributed by atoms with Crippen molar-refractivity contribution in [2.75, 3.05) is 0 Å². The molecule has 0 saturated heterocycles. The third-order valence-corrected chi connectivity index (χ3v) is 5.08. The summed E-state index contributed by atoms with van der Waals surface area (Å²) in [7, 11) is -5.72. The number of hydrogen-bond donors (Lipinski definition) is 1. The first-order valence-corrected chi connectivity index (χ1v) is 9.82. The summed E-state index contributed by atoms with van der Waals surface area (Å²) in [5, 5.41) is 0. The summed E-state index contributed by atoms with van der Waals surface area (Å²) in [5.74, 6) is -51.7. The summed E-state index contributed by atoms with van der Waals surface area (Å²) < 4.78 is 260. The third kappa shape index (κ3) is 5.35. The van der Waals surface area contributed by atoms with Gasteiger partial charge >= 0.3 is 47.8 Å². The van der Waals surface area contributed by atoms with Crippen LogP contribution in [0.1, 0.15) is 6.42 Å². The molecule has 0 amide bonds. The van der Waals surface area contributed by atoms with E-state index in [1.165, 1.54) is 0 Å². The van der Waals surface area contributed by atoms with Gasteiger partial charge in [0.2, 0.25) is 0 Å². The van der Waals surface area contributed by atoms with Gasteiger partial charge in [0.25, 0.3) is 10.1 Å². The Hall–Kier alpha value is -2.26. The van der Waals surface area contributed by atoms with Crippen LogP contribution < -0.4 is 4.74 Å². The molecule has 37 heavy (non-hydrogen) atoms. The maximum absolute atomic E-state index is 13.8. The maximum atomic E-state index is 13.8. The molecule has 0 aliphatic carbocycles. The number of para-hydroxylation sites is 1. The lowest BCUT2D eigenvalue weighted by molar-refractivity contribution is -0.459. The third-order valence-electron chi connectivity index (χ3n) is 4.19. The van der Waals surface area contributed by atoms with Gasteiger partial charge in [-0.15, -0.1) is 0 Å². The molecule has 4 nitrogen and oxygen atoms in total. The second kappa shape index (κ2) is 8.90. The van der Waals surface area contributed by atoms with Crippen molar-refractivity contribution >= 4 is 10.1 Å². The normalized spacial score (nSPS) is 15.6. The first kappa shape index (κ1) is 32.8. The van der Waals surface area contributed by atoms with E-state index in [0.29, 0.717) is 12.1 Å². The van der Waals surface area contributed by atoms with Crippen molar-refractivity contribution < 1.29 is 92.3 Å². The predicted octanol–water partition coefficient (Wildman–Crippen LogP) is 6.67. The Morgan fingerprint density at radius 3 is 1.41 bits per heavy atom. The minimum absolute atomic E-state index is 0.0725. The van der Waals surface area contributed by atoms with E-state index in [9.17, 15) is 83.1 Å². The van der Waals surface area contributed by atoms with E-state index in [1.807, 2.05) is 0 Å². The van der Waals surface area contributed by atoms with Crippen LogP contribution in [0.15, 0.2) is 29.2 Å². The zero-order valence-corrected chi connectivity index (χ0v) is 17.3. The highest BCUT2D eigenvalue weighted by Gasteiger charge is 2.93. The Bertz CT molecular complexity index is 1090. The van der Waals surface area contributed by atoms with Gasteiger partial charge in [-0.1, -0.05) is 12.1 Å². The van der Waals surface area contributed by atoms with Crippen LogP contribution in [0.25, 0.3) is 0 Å². The number of hydrogen-bond acceptors (Lipinski definition) is 3. The fraction of sp³-hybridized carbons (Fsp3) is 0.600. The van der Waals surface area contributed by atoms with E-state index >= 15 is 0 Å². The summed E-state index contributed by atoms with van der Waals surface area (Å²) in [4.78, 5) is -1.93. The molecule has 1 aromatic carbocycles. The summed E-state index contributed by atoms with van der Waals surface area (Å²) >= 11 is 0. The van der Waals surface area contributed by atoms with Crippen LogP contribution in [-0.2, 0) is 10.1 Å². The smallest absolute Gasteiger partial charge is 0.426 e. The average molecular weight is 606 g/mol. The van der Waals surface area contributed by atoms with Gasteiger partial charge in [0, 0.05) is 0 Å². The number of rotatable bonds is 10. The molecule has 0 spiro atoms. The van der Waals surface area contributed by atoms with Crippen molar-refractivity contribution in [3.05, 3.63) is 24.3 Å². The molecular formula is C15H7F17O4S. The zero-order valence-electron chi connectivity index (χ0n) is 16.5. The molecule has 0 unspecified atom stereocenters. The molecule has 0 aromatic heterocycles. The maximum Gasteiger partial charge on any atom is 0.471 e. The number of halogens is 17. The fourth-order valence-electron chi connectivity index (χ4n) is 2.32. The quantitative estimate of drug-likeness (QED) is 0.239. The number of ether oxygens (including phenoxy) is 1. The SMILES string of the molecule is O=S(=O)(O)c1ccccc1OC(F)(F)C(F)(F)C(F)(F)C(F)(F)C(F)(F)C(F)(F)C(F)(F)CC(F)(F)F. The van der Waals surface area contributed by atoms with Gasteiger partial charge < -0.3 is 4.74 Å². The van der Waals surface area contributed by atoms with E-state index in [2.05, 4.69) is 4.74 Å². The first-order valence-electron chi connectivity index (χ1n) is 8.38. The van der Waals surface area contributed by atoms with Crippen LogP contribution in [0, 0.1) is 0 Å². The molecule has 0 saturated carbocycles. The Morgan fingerprint density at radius 2 is 1.00 bits per heavy atom. The molecule has 22 heteroatoms. The minimum Gasteiger partial charge on any atom is -0.426 e. The minimum atomic E-state index is -8.67. The highest BCUT2D eigenvalue weighted by atomic mass is 32.2. The van der Waals surface area contributed by atoms with Gasteiger partial charge in [0.05, 0.1) is 0 Å². The molecule has 0 aliphatic rings. The highest BCUT2D eigenvalue weighted by molar-refractivity contribution is 7.86. The van der Waals surface area contributed by atoms with Gasteiger partial charge in [-0.25, -0.2) is 0 Å². The lowest BCUT2D eigenvalue weighted by Gasteiger charge is -2.42. The summed E-state index contributed by atoms with van der Waals surface area (Å²) in [5.41, 5.74) is 0. The number of alkyl halides is 17. The van der Waals surface area contributed by atoms with Gasteiger partial charge in [-0.3, -0.25) is 4.55 Å². The van der Waals surface area contributed by atoms with Crippen molar-refractivity contribution in [1.82, 2.24) is 0 Å². The first-order chi connectivity index (χ1) is 15.9. The van der Waals surface area contributed by atoms with E-state index in [1.54, 1.807) is 0 Å². The van der Waals surface area contributed by atoms with E-state index in [0.717, 1.165) is 0 Å². The average Bonchev–Trinajstić information content (AvgIpc) is 2.64. The van der Waals surface area contributed by atoms with Gasteiger partial charge in [0.15, 0.2) is 0 Å². The predicted molar refractivity (Wildman–Crippen MR) is 82.2 cm³/mol. The summed E-state index contributed by atoms with van der Waals surface area (Å²) in [6, 6.07) is 0.939. The lowest BCUT2D eigenvalue weighted by Crippen LogP contribution is -2.73. The molecule has 1 aromatic rings. The van der Waals surface area contributed by atoms with Crippen LogP contribution in [0.5, 0.6) is 5.75 Å². The van der Waals surface area contributed by atoms with E-state index in [4.69, 9.17) is 4.55 Å². The molecule has 0 heterocycles. The van der Waals surface area contributed by atoms with Crippen LogP contribution in [0.4, 0.5) is 74.6 Å². The molecule has 1 rings (SSSR count). The van der Waals surface area contributed by atoms with Gasteiger partial charge in [-0.2, -0.15) is 83.1 Å². The Balaban J connectivity index is 3.65. The van der Waals surface area contributed by atoms with Crippen LogP contribution >= 0.6 is 0 Å². The van der Waals surface area contributed by atoms with Gasteiger partial charge in [0.1, 0.15) is 17.1 Å². The second-order valence-electron chi connectivity index (χ2n) is 6.91. The molecule has 1 N–H and O–H groups in total. The van der Waals surface area contributed by atoms with Crippen molar-refractivity contribution in [2.24, 2.45) is 0 Å². The Kier molecular flexibility index (Phi) is 7.88. The van der Waals surface area contributed by atoms with Crippen molar-refractivity contribution in [1.29, 1.82) is 0 Å². The fourth-order valence-corrected chi connectivity index (χ4v) is 2.93. The molecule has 0 fully saturated rings. The van der Waals surface area contributed by atoms with E-state index < -0.39 is 75.0 Å². The molecule has 0 bridgehead atoms. The monoisotopic (exact) mass is 606 g/mol. The van der Waals surface area contributed by atoms with Crippen molar-refractivity contribution in [2.45, 2.75) is 59.1 Å². The van der Waals surface area contributed by atoms with Gasteiger partial charge in [-0.05, 0) is 12.1 Å². The second-order valence-corrected chi connectivity index (χ2v) is 8.30. The summed E-state index contributed by atoms with van der Waals surface area (Å²) in [6.45, 7) is 0. The van der Waals surface area contributed by atoms with Crippen molar-refractivity contribution in [3.63, 3.8) is 0 Å². The van der Waals surface area contributed by atoms with Crippen LogP contribution in [0.3, 0.4) is 0 Å². The van der Waals surface area contributed by atoms with Crippen molar-refractivity contribution in [3.8, 4) is 5.75 Å². The molecule has 216 valence electrons.